The molecule has 1 fully saturated rings. The van der Waals surface area contributed by atoms with Crippen LogP contribution in [-0.2, 0) is 4.79 Å². The molecule has 110 valence electrons. The van der Waals surface area contributed by atoms with E-state index in [-0.39, 0.29) is 5.91 Å². The first-order chi connectivity index (χ1) is 9.56. The van der Waals surface area contributed by atoms with E-state index >= 15 is 0 Å². The lowest BCUT2D eigenvalue weighted by Gasteiger charge is -2.30. The van der Waals surface area contributed by atoms with E-state index in [4.69, 9.17) is 11.6 Å². The van der Waals surface area contributed by atoms with Crippen molar-refractivity contribution in [2.24, 2.45) is 0 Å². The summed E-state index contributed by atoms with van der Waals surface area (Å²) < 4.78 is 0. The molecule has 1 amide bonds. The molecule has 1 saturated carbocycles. The van der Waals surface area contributed by atoms with E-state index < -0.39 is 0 Å². The van der Waals surface area contributed by atoms with Crippen LogP contribution in [0.5, 0.6) is 0 Å². The van der Waals surface area contributed by atoms with Crippen molar-refractivity contribution < 1.29 is 4.79 Å². The molecule has 1 aromatic rings. The van der Waals surface area contributed by atoms with Gasteiger partial charge >= 0.3 is 0 Å². The Bertz CT molecular complexity index is 470. The van der Waals surface area contributed by atoms with Gasteiger partial charge in [0, 0.05) is 16.8 Å². The molecule has 4 heteroatoms. The molecule has 3 nitrogen and oxygen atoms in total. The fourth-order valence-corrected chi connectivity index (χ4v) is 2.97. The van der Waals surface area contributed by atoms with Crippen LogP contribution in [0.1, 0.15) is 37.7 Å². The summed E-state index contributed by atoms with van der Waals surface area (Å²) in [7, 11) is 2.04. The Hall–Kier alpha value is -1.06. The average molecular weight is 295 g/mol. The van der Waals surface area contributed by atoms with Crippen LogP contribution in [0.2, 0.25) is 5.02 Å². The van der Waals surface area contributed by atoms with Gasteiger partial charge in [-0.1, -0.05) is 36.9 Å². The molecule has 2 rings (SSSR count). The summed E-state index contributed by atoms with van der Waals surface area (Å²) in [5.41, 5.74) is 1.84. The molecule has 0 unspecified atom stereocenters. The van der Waals surface area contributed by atoms with Gasteiger partial charge in [-0.25, -0.2) is 0 Å². The van der Waals surface area contributed by atoms with Gasteiger partial charge in [0.15, 0.2) is 0 Å². The highest BCUT2D eigenvalue weighted by molar-refractivity contribution is 6.31. The normalized spacial score (nSPS) is 16.4. The molecule has 0 saturated heterocycles. The van der Waals surface area contributed by atoms with Crippen LogP contribution in [-0.4, -0.2) is 30.4 Å². The standard InChI is InChI=1S/C16H23ClN2O/c1-12-8-9-13(17)10-15(12)18-16(20)11-19(2)14-6-4-3-5-7-14/h8-10,14H,3-7,11H2,1-2H3,(H,18,20). The molecule has 1 aliphatic rings. The summed E-state index contributed by atoms with van der Waals surface area (Å²) in [6.07, 6.45) is 6.31. The number of carbonyl (C=O) groups excluding carboxylic acids is 1. The fraction of sp³-hybridized carbons (Fsp3) is 0.562. The first kappa shape index (κ1) is 15.3. The minimum absolute atomic E-state index is 0.0310. The molecule has 1 N–H and O–H groups in total. The molecular weight excluding hydrogens is 272 g/mol. The van der Waals surface area contributed by atoms with E-state index in [9.17, 15) is 4.79 Å². The topological polar surface area (TPSA) is 32.3 Å². The summed E-state index contributed by atoms with van der Waals surface area (Å²) >= 11 is 5.97. The van der Waals surface area contributed by atoms with Crippen molar-refractivity contribution in [1.82, 2.24) is 4.90 Å². The number of nitrogens with one attached hydrogen (secondary N) is 1. The van der Waals surface area contributed by atoms with Crippen LogP contribution in [0.3, 0.4) is 0 Å². The largest absolute Gasteiger partial charge is 0.325 e. The van der Waals surface area contributed by atoms with Crippen LogP contribution in [0.4, 0.5) is 5.69 Å². The Kier molecular flexibility index (Phi) is 5.44. The highest BCUT2D eigenvalue weighted by Crippen LogP contribution is 2.22. The van der Waals surface area contributed by atoms with E-state index in [0.717, 1.165) is 11.3 Å². The van der Waals surface area contributed by atoms with Crippen molar-refractivity contribution >= 4 is 23.2 Å². The number of benzene rings is 1. The fourth-order valence-electron chi connectivity index (χ4n) is 2.80. The number of carbonyl (C=O) groups is 1. The summed E-state index contributed by atoms with van der Waals surface area (Å²) in [6.45, 7) is 2.41. The second kappa shape index (κ2) is 7.09. The third-order valence-electron chi connectivity index (χ3n) is 4.06. The lowest BCUT2D eigenvalue weighted by Crippen LogP contribution is -2.39. The van der Waals surface area contributed by atoms with Gasteiger partial charge in [0.25, 0.3) is 0 Å². The van der Waals surface area contributed by atoms with Crippen LogP contribution in [0.25, 0.3) is 0 Å². The van der Waals surface area contributed by atoms with Crippen LogP contribution in [0, 0.1) is 6.92 Å². The minimum atomic E-state index is 0.0310. The van der Waals surface area contributed by atoms with Crippen LogP contribution < -0.4 is 5.32 Å². The number of halogens is 1. The summed E-state index contributed by atoms with van der Waals surface area (Å²) in [4.78, 5) is 14.3. The van der Waals surface area contributed by atoms with Crippen LogP contribution >= 0.6 is 11.6 Å². The van der Waals surface area contributed by atoms with Crippen LogP contribution in [0.15, 0.2) is 18.2 Å². The molecule has 0 atom stereocenters. The summed E-state index contributed by atoms with van der Waals surface area (Å²) in [6, 6.07) is 6.11. The summed E-state index contributed by atoms with van der Waals surface area (Å²) in [5, 5.41) is 3.60. The third kappa shape index (κ3) is 4.22. The van der Waals surface area contributed by atoms with E-state index in [0.29, 0.717) is 17.6 Å². The Morgan fingerprint density at radius 3 is 2.75 bits per heavy atom. The Morgan fingerprint density at radius 1 is 1.35 bits per heavy atom. The molecular formula is C16H23ClN2O. The van der Waals surface area contributed by atoms with Gasteiger partial charge in [-0.15, -0.1) is 0 Å². The highest BCUT2D eigenvalue weighted by atomic mass is 35.5. The van der Waals surface area contributed by atoms with Gasteiger partial charge in [-0.2, -0.15) is 0 Å². The molecule has 0 heterocycles. The molecule has 0 aromatic heterocycles. The number of likely N-dealkylation sites (N-methyl/N-ethyl adjacent to an activating group) is 1. The number of anilines is 1. The molecule has 0 aliphatic heterocycles. The number of aryl methyl sites for hydroxylation is 1. The zero-order valence-corrected chi connectivity index (χ0v) is 13.0. The van der Waals surface area contributed by atoms with Crippen molar-refractivity contribution in [3.63, 3.8) is 0 Å². The second-order valence-corrected chi connectivity index (χ2v) is 6.15. The maximum Gasteiger partial charge on any atom is 0.238 e. The van der Waals surface area contributed by atoms with E-state index in [2.05, 4.69) is 10.2 Å². The predicted molar refractivity (Wildman–Crippen MR) is 84.3 cm³/mol. The van der Waals surface area contributed by atoms with E-state index in [1.165, 1.54) is 32.1 Å². The van der Waals surface area contributed by atoms with Gasteiger partial charge in [-0.05, 0) is 44.5 Å². The highest BCUT2D eigenvalue weighted by Gasteiger charge is 2.19. The van der Waals surface area contributed by atoms with Gasteiger partial charge in [0.1, 0.15) is 0 Å². The minimum Gasteiger partial charge on any atom is -0.325 e. The van der Waals surface area contributed by atoms with Gasteiger partial charge < -0.3 is 5.32 Å². The second-order valence-electron chi connectivity index (χ2n) is 5.71. The lowest BCUT2D eigenvalue weighted by atomic mass is 9.94. The Morgan fingerprint density at radius 2 is 2.05 bits per heavy atom. The molecule has 1 aromatic carbocycles. The van der Waals surface area contributed by atoms with E-state index in [1.54, 1.807) is 6.07 Å². The third-order valence-corrected chi connectivity index (χ3v) is 4.30. The number of hydrogen-bond donors (Lipinski definition) is 1. The molecule has 0 bridgehead atoms. The van der Waals surface area contributed by atoms with Crippen molar-refractivity contribution in [2.45, 2.75) is 45.1 Å². The molecule has 20 heavy (non-hydrogen) atoms. The number of hydrogen-bond acceptors (Lipinski definition) is 2. The zero-order chi connectivity index (χ0) is 14.5. The number of nitrogens with zero attached hydrogens (tertiary/aromatic N) is 1. The van der Waals surface area contributed by atoms with Gasteiger partial charge in [0.05, 0.1) is 6.54 Å². The first-order valence-corrected chi connectivity index (χ1v) is 7.70. The number of rotatable bonds is 4. The molecule has 1 aliphatic carbocycles. The van der Waals surface area contributed by atoms with Crippen molar-refractivity contribution in [2.75, 3.05) is 18.9 Å². The zero-order valence-electron chi connectivity index (χ0n) is 12.3. The lowest BCUT2D eigenvalue weighted by molar-refractivity contribution is -0.117. The first-order valence-electron chi connectivity index (χ1n) is 7.32. The monoisotopic (exact) mass is 294 g/mol. The maximum atomic E-state index is 12.1. The van der Waals surface area contributed by atoms with Crippen molar-refractivity contribution in [3.8, 4) is 0 Å². The smallest absolute Gasteiger partial charge is 0.238 e. The Labute approximate surface area is 126 Å². The van der Waals surface area contributed by atoms with Crippen molar-refractivity contribution in [3.05, 3.63) is 28.8 Å². The predicted octanol–water partition coefficient (Wildman–Crippen LogP) is 3.85. The van der Waals surface area contributed by atoms with Gasteiger partial charge in [-0.3, -0.25) is 9.69 Å². The average Bonchev–Trinajstić information content (AvgIpc) is 2.43. The van der Waals surface area contributed by atoms with E-state index in [1.807, 2.05) is 26.1 Å². The molecule has 0 radical (unpaired) electrons. The maximum absolute atomic E-state index is 12.1. The van der Waals surface area contributed by atoms with Gasteiger partial charge in [0.2, 0.25) is 5.91 Å². The molecule has 0 spiro atoms. The van der Waals surface area contributed by atoms with Crippen molar-refractivity contribution in [1.29, 1.82) is 0 Å². The number of amides is 1. The SMILES string of the molecule is Cc1ccc(Cl)cc1NC(=O)CN(C)C1CCCCC1. The Balaban J connectivity index is 1.89. The quantitative estimate of drug-likeness (QED) is 0.915. The summed E-state index contributed by atoms with van der Waals surface area (Å²) in [5.74, 6) is 0.0310.